The summed E-state index contributed by atoms with van der Waals surface area (Å²) in [5.74, 6) is 1.97. The molecule has 1 aliphatic carbocycles. The molecule has 0 amide bonds. The molecule has 0 N–H and O–H groups in total. The summed E-state index contributed by atoms with van der Waals surface area (Å²) < 4.78 is 0. The van der Waals surface area contributed by atoms with E-state index in [9.17, 15) is 0 Å². The van der Waals surface area contributed by atoms with E-state index in [0.29, 0.717) is 0 Å². The third-order valence-corrected chi connectivity index (χ3v) is 6.21. The van der Waals surface area contributed by atoms with Crippen LogP contribution >= 0.6 is 0 Å². The first-order valence-corrected chi connectivity index (χ1v) is 8.56. The summed E-state index contributed by atoms with van der Waals surface area (Å²) in [5.41, 5.74) is 0.734. The van der Waals surface area contributed by atoms with Crippen LogP contribution in [0.4, 0.5) is 0 Å². The number of rotatable bonds is 2. The maximum atomic E-state index is 2.81. The molecule has 0 aromatic rings. The molecule has 0 unspecified atom stereocenters. The predicted molar refractivity (Wildman–Crippen MR) is 81.3 cm³/mol. The van der Waals surface area contributed by atoms with Crippen molar-refractivity contribution in [3.05, 3.63) is 0 Å². The molecule has 0 aromatic heterocycles. The summed E-state index contributed by atoms with van der Waals surface area (Å²) in [6.07, 6.45) is 10.3. The number of hydrogen-bond acceptors (Lipinski definition) is 2. The van der Waals surface area contributed by atoms with Crippen molar-refractivity contribution in [3.63, 3.8) is 0 Å². The Morgan fingerprint density at radius 3 is 2.32 bits per heavy atom. The third-order valence-electron chi connectivity index (χ3n) is 6.21. The van der Waals surface area contributed by atoms with Crippen LogP contribution in [0.25, 0.3) is 0 Å². The molecule has 2 aliphatic heterocycles. The molecule has 2 nitrogen and oxygen atoms in total. The lowest BCUT2D eigenvalue weighted by atomic mass is 9.70. The second-order valence-electron chi connectivity index (χ2n) is 7.91. The molecule has 2 saturated heterocycles. The zero-order chi connectivity index (χ0) is 13.3. The largest absolute Gasteiger partial charge is 0.306 e. The van der Waals surface area contributed by atoms with Crippen molar-refractivity contribution in [1.82, 2.24) is 9.80 Å². The molecule has 0 atom stereocenters. The highest BCUT2D eigenvalue weighted by atomic mass is 15.2. The van der Waals surface area contributed by atoms with Crippen molar-refractivity contribution >= 4 is 0 Å². The van der Waals surface area contributed by atoms with Crippen LogP contribution < -0.4 is 0 Å². The van der Waals surface area contributed by atoms with Gasteiger partial charge in [-0.15, -0.1) is 0 Å². The Bertz CT molecular complexity index is 286. The molecule has 3 aliphatic rings. The van der Waals surface area contributed by atoms with E-state index in [4.69, 9.17) is 0 Å². The van der Waals surface area contributed by atoms with Crippen LogP contribution in [-0.4, -0.2) is 49.6 Å². The molecular weight excluding hydrogens is 232 g/mol. The van der Waals surface area contributed by atoms with Gasteiger partial charge in [-0.05, 0) is 76.0 Å². The normalized spacial score (nSPS) is 39.2. The Hall–Kier alpha value is -0.0800. The van der Waals surface area contributed by atoms with Gasteiger partial charge in [0, 0.05) is 13.1 Å². The first-order valence-electron chi connectivity index (χ1n) is 8.56. The number of piperidine rings is 1. The highest BCUT2D eigenvalue weighted by molar-refractivity contribution is 4.93. The lowest BCUT2D eigenvalue weighted by Crippen LogP contribution is -2.37. The number of hydrogen-bond donors (Lipinski definition) is 0. The number of nitrogens with zero attached hydrogens (tertiary/aromatic N) is 2. The summed E-state index contributed by atoms with van der Waals surface area (Å²) in [7, 11) is 2.27. The summed E-state index contributed by atoms with van der Waals surface area (Å²) in [4.78, 5) is 5.30. The van der Waals surface area contributed by atoms with Gasteiger partial charge in [0.25, 0.3) is 0 Å². The lowest BCUT2D eigenvalue weighted by Gasteiger charge is -2.37. The fraction of sp³-hybridized carbons (Fsp3) is 1.00. The average Bonchev–Trinajstić information content (AvgIpc) is 2.80. The van der Waals surface area contributed by atoms with Crippen molar-refractivity contribution in [3.8, 4) is 0 Å². The van der Waals surface area contributed by atoms with Gasteiger partial charge in [-0.1, -0.05) is 19.8 Å². The molecule has 2 heterocycles. The van der Waals surface area contributed by atoms with Crippen molar-refractivity contribution in [2.24, 2.45) is 17.3 Å². The Labute approximate surface area is 119 Å². The van der Waals surface area contributed by atoms with Crippen molar-refractivity contribution in [2.75, 3.05) is 39.8 Å². The first-order chi connectivity index (χ1) is 9.15. The van der Waals surface area contributed by atoms with E-state index >= 15 is 0 Å². The molecule has 2 heteroatoms. The van der Waals surface area contributed by atoms with Crippen LogP contribution in [0.1, 0.15) is 51.9 Å². The van der Waals surface area contributed by atoms with E-state index < -0.39 is 0 Å². The fourth-order valence-corrected chi connectivity index (χ4v) is 4.58. The van der Waals surface area contributed by atoms with Gasteiger partial charge >= 0.3 is 0 Å². The SMILES string of the molecule is CC1CCC2(CC1)CCN(CC1CCN(C)CC1)C2. The zero-order valence-electron chi connectivity index (χ0n) is 13.0. The van der Waals surface area contributed by atoms with Gasteiger partial charge in [-0.3, -0.25) is 0 Å². The molecule has 3 fully saturated rings. The topological polar surface area (TPSA) is 6.48 Å². The summed E-state index contributed by atoms with van der Waals surface area (Å²) >= 11 is 0. The molecule has 1 spiro atoms. The van der Waals surface area contributed by atoms with E-state index in [1.54, 1.807) is 0 Å². The highest BCUT2D eigenvalue weighted by Gasteiger charge is 2.40. The van der Waals surface area contributed by atoms with Crippen LogP contribution in [-0.2, 0) is 0 Å². The Balaban J connectivity index is 1.46. The smallest absolute Gasteiger partial charge is 0.00386 e. The van der Waals surface area contributed by atoms with Crippen LogP contribution in [0.15, 0.2) is 0 Å². The Morgan fingerprint density at radius 2 is 1.63 bits per heavy atom. The molecular formula is C17H32N2. The zero-order valence-corrected chi connectivity index (χ0v) is 13.0. The van der Waals surface area contributed by atoms with Gasteiger partial charge in [0.15, 0.2) is 0 Å². The van der Waals surface area contributed by atoms with E-state index in [-0.39, 0.29) is 0 Å². The molecule has 3 rings (SSSR count). The maximum absolute atomic E-state index is 2.81. The molecule has 110 valence electrons. The van der Waals surface area contributed by atoms with Crippen molar-refractivity contribution in [1.29, 1.82) is 0 Å². The second-order valence-corrected chi connectivity index (χ2v) is 7.91. The monoisotopic (exact) mass is 264 g/mol. The van der Waals surface area contributed by atoms with E-state index in [1.165, 1.54) is 77.7 Å². The first kappa shape index (κ1) is 13.9. The Morgan fingerprint density at radius 1 is 0.947 bits per heavy atom. The van der Waals surface area contributed by atoms with Crippen molar-refractivity contribution in [2.45, 2.75) is 51.9 Å². The third kappa shape index (κ3) is 3.33. The fourth-order valence-electron chi connectivity index (χ4n) is 4.58. The van der Waals surface area contributed by atoms with E-state index in [0.717, 1.165) is 17.3 Å². The van der Waals surface area contributed by atoms with Crippen LogP contribution in [0.2, 0.25) is 0 Å². The minimum atomic E-state index is 0.734. The Kier molecular flexibility index (Phi) is 4.19. The maximum Gasteiger partial charge on any atom is 0.00386 e. The van der Waals surface area contributed by atoms with Crippen LogP contribution in [0, 0.1) is 17.3 Å². The standard InChI is InChI=1S/C17H32N2/c1-15-3-7-17(8-4-15)9-12-19(14-17)13-16-5-10-18(2)11-6-16/h15-16H,3-14H2,1-2H3. The molecule has 0 aromatic carbocycles. The molecule has 0 radical (unpaired) electrons. The molecule has 19 heavy (non-hydrogen) atoms. The van der Waals surface area contributed by atoms with E-state index in [1.807, 2.05) is 0 Å². The quantitative estimate of drug-likeness (QED) is 0.755. The van der Waals surface area contributed by atoms with E-state index in [2.05, 4.69) is 23.8 Å². The van der Waals surface area contributed by atoms with Gasteiger partial charge in [0.2, 0.25) is 0 Å². The predicted octanol–water partition coefficient (Wildman–Crippen LogP) is 3.23. The average molecular weight is 264 g/mol. The number of likely N-dealkylation sites (tertiary alicyclic amines) is 2. The van der Waals surface area contributed by atoms with Crippen LogP contribution in [0.5, 0.6) is 0 Å². The van der Waals surface area contributed by atoms with Gasteiger partial charge in [-0.25, -0.2) is 0 Å². The van der Waals surface area contributed by atoms with Gasteiger partial charge in [0.05, 0.1) is 0 Å². The highest BCUT2D eigenvalue weighted by Crippen LogP contribution is 2.45. The van der Waals surface area contributed by atoms with Gasteiger partial charge < -0.3 is 9.80 Å². The summed E-state index contributed by atoms with van der Waals surface area (Å²) in [6, 6.07) is 0. The second kappa shape index (κ2) is 5.73. The minimum Gasteiger partial charge on any atom is -0.306 e. The molecule has 1 saturated carbocycles. The molecule has 0 bridgehead atoms. The summed E-state index contributed by atoms with van der Waals surface area (Å²) in [5, 5.41) is 0. The lowest BCUT2D eigenvalue weighted by molar-refractivity contribution is 0.136. The van der Waals surface area contributed by atoms with Gasteiger partial charge in [-0.2, -0.15) is 0 Å². The minimum absolute atomic E-state index is 0.734. The van der Waals surface area contributed by atoms with Crippen molar-refractivity contribution < 1.29 is 0 Å². The van der Waals surface area contributed by atoms with Gasteiger partial charge in [0.1, 0.15) is 0 Å². The van der Waals surface area contributed by atoms with Crippen LogP contribution in [0.3, 0.4) is 0 Å². The summed E-state index contributed by atoms with van der Waals surface area (Å²) in [6.45, 7) is 9.29.